The van der Waals surface area contributed by atoms with Gasteiger partial charge in [-0.05, 0) is 77.9 Å². The molecule has 0 aliphatic rings. The summed E-state index contributed by atoms with van der Waals surface area (Å²) in [6, 6.07) is 46.5. The number of para-hydroxylation sites is 2. The molecule has 174 valence electrons. The van der Waals surface area contributed by atoms with Crippen LogP contribution in [0.25, 0.3) is 12.2 Å². The van der Waals surface area contributed by atoms with Gasteiger partial charge in [-0.3, -0.25) is 0 Å². The standard InChI is InChI=1S/C34H28N2/c1-3-27-18-22-31(23-19-27)35(29-12-7-5-8-13-29)33-16-11-17-34(26-33)36(30-14-9-6-10-15-30)32-24-20-28(4-2)21-25-32/h3-26H,1-2H2. The van der Waals surface area contributed by atoms with Gasteiger partial charge in [0.05, 0.1) is 0 Å². The fraction of sp³-hybridized carbons (Fsp3) is 0. The molecule has 5 rings (SSSR count). The average molecular weight is 465 g/mol. The second-order valence-corrected chi connectivity index (χ2v) is 8.45. The van der Waals surface area contributed by atoms with Gasteiger partial charge < -0.3 is 9.80 Å². The Bertz CT molecular complexity index is 1330. The van der Waals surface area contributed by atoms with E-state index in [-0.39, 0.29) is 0 Å². The van der Waals surface area contributed by atoms with Gasteiger partial charge in [-0.2, -0.15) is 0 Å². The summed E-state index contributed by atoms with van der Waals surface area (Å²) < 4.78 is 0. The molecule has 0 saturated carbocycles. The molecular weight excluding hydrogens is 436 g/mol. The number of benzene rings is 5. The molecule has 0 N–H and O–H groups in total. The van der Waals surface area contributed by atoms with Gasteiger partial charge in [0.15, 0.2) is 0 Å². The van der Waals surface area contributed by atoms with Crippen molar-refractivity contribution in [2.24, 2.45) is 0 Å². The number of anilines is 6. The van der Waals surface area contributed by atoms with Crippen molar-refractivity contribution in [3.05, 3.63) is 158 Å². The summed E-state index contributed by atoms with van der Waals surface area (Å²) in [6.07, 6.45) is 3.74. The smallest absolute Gasteiger partial charge is 0.0482 e. The second kappa shape index (κ2) is 10.6. The Morgan fingerprint density at radius 2 is 0.694 bits per heavy atom. The highest BCUT2D eigenvalue weighted by Gasteiger charge is 2.16. The first-order valence-electron chi connectivity index (χ1n) is 12.0. The Kier molecular flexibility index (Phi) is 6.77. The van der Waals surface area contributed by atoms with Crippen LogP contribution in [0.15, 0.2) is 147 Å². The third-order valence-corrected chi connectivity index (χ3v) is 6.15. The highest BCUT2D eigenvalue weighted by Crippen LogP contribution is 2.40. The largest absolute Gasteiger partial charge is 0.310 e. The molecule has 0 aromatic heterocycles. The van der Waals surface area contributed by atoms with Crippen LogP contribution in [-0.4, -0.2) is 0 Å². The van der Waals surface area contributed by atoms with Gasteiger partial charge in [0.1, 0.15) is 0 Å². The summed E-state index contributed by atoms with van der Waals surface area (Å²) in [5.74, 6) is 0. The lowest BCUT2D eigenvalue weighted by molar-refractivity contribution is 1.25. The number of hydrogen-bond donors (Lipinski definition) is 0. The third-order valence-electron chi connectivity index (χ3n) is 6.15. The Morgan fingerprint density at radius 1 is 0.361 bits per heavy atom. The highest BCUT2D eigenvalue weighted by atomic mass is 15.2. The molecule has 0 unspecified atom stereocenters. The van der Waals surface area contributed by atoms with Gasteiger partial charge in [0, 0.05) is 34.1 Å². The second-order valence-electron chi connectivity index (χ2n) is 8.45. The predicted molar refractivity (Wildman–Crippen MR) is 156 cm³/mol. The normalized spacial score (nSPS) is 10.4. The molecule has 0 bridgehead atoms. The van der Waals surface area contributed by atoms with Gasteiger partial charge in [-0.15, -0.1) is 0 Å². The van der Waals surface area contributed by atoms with Gasteiger partial charge in [0.25, 0.3) is 0 Å². The first-order valence-corrected chi connectivity index (χ1v) is 12.0. The van der Waals surface area contributed by atoms with Crippen LogP contribution >= 0.6 is 0 Å². The van der Waals surface area contributed by atoms with Crippen molar-refractivity contribution in [3.8, 4) is 0 Å². The maximum Gasteiger partial charge on any atom is 0.0482 e. The summed E-state index contributed by atoms with van der Waals surface area (Å²) in [4.78, 5) is 4.56. The maximum atomic E-state index is 3.90. The molecule has 5 aromatic carbocycles. The SMILES string of the molecule is C=Cc1ccc(N(c2ccccc2)c2cccc(N(c3ccccc3)c3ccc(C=C)cc3)c2)cc1. The fourth-order valence-electron chi connectivity index (χ4n) is 4.34. The topological polar surface area (TPSA) is 6.48 Å². The summed E-state index contributed by atoms with van der Waals surface area (Å²) in [5.41, 5.74) is 8.72. The molecule has 36 heavy (non-hydrogen) atoms. The molecule has 2 nitrogen and oxygen atoms in total. The molecule has 0 fully saturated rings. The van der Waals surface area contributed by atoms with E-state index in [0.717, 1.165) is 45.3 Å². The van der Waals surface area contributed by atoms with E-state index in [2.05, 4.69) is 144 Å². The van der Waals surface area contributed by atoms with Crippen molar-refractivity contribution < 1.29 is 0 Å². The zero-order valence-electron chi connectivity index (χ0n) is 20.2. The number of rotatable bonds is 8. The first kappa shape index (κ1) is 22.9. The van der Waals surface area contributed by atoms with E-state index in [4.69, 9.17) is 0 Å². The van der Waals surface area contributed by atoms with Gasteiger partial charge in [0.2, 0.25) is 0 Å². The number of nitrogens with zero attached hydrogens (tertiary/aromatic N) is 2. The minimum Gasteiger partial charge on any atom is -0.310 e. The molecule has 5 aromatic rings. The summed E-state index contributed by atoms with van der Waals surface area (Å²) >= 11 is 0. The zero-order chi connectivity index (χ0) is 24.7. The van der Waals surface area contributed by atoms with Crippen molar-refractivity contribution in [1.29, 1.82) is 0 Å². The lowest BCUT2D eigenvalue weighted by Gasteiger charge is -2.29. The van der Waals surface area contributed by atoms with Crippen molar-refractivity contribution in [1.82, 2.24) is 0 Å². The van der Waals surface area contributed by atoms with Crippen LogP contribution in [0.1, 0.15) is 11.1 Å². The van der Waals surface area contributed by atoms with Crippen molar-refractivity contribution in [2.75, 3.05) is 9.80 Å². The van der Waals surface area contributed by atoms with E-state index in [9.17, 15) is 0 Å². The minimum atomic E-state index is 1.08. The lowest BCUT2D eigenvalue weighted by atomic mass is 10.1. The molecule has 0 radical (unpaired) electrons. The molecule has 2 heteroatoms. The molecule has 0 spiro atoms. The molecule has 0 amide bonds. The predicted octanol–water partition coefficient (Wildman–Crippen LogP) is 9.91. The summed E-state index contributed by atoms with van der Waals surface area (Å²) in [7, 11) is 0. The van der Waals surface area contributed by atoms with Crippen LogP contribution in [0.3, 0.4) is 0 Å². The zero-order valence-corrected chi connectivity index (χ0v) is 20.2. The first-order chi connectivity index (χ1) is 17.8. The van der Waals surface area contributed by atoms with E-state index < -0.39 is 0 Å². The molecule has 0 heterocycles. The fourth-order valence-corrected chi connectivity index (χ4v) is 4.34. The minimum absolute atomic E-state index is 1.08. The van der Waals surface area contributed by atoms with Crippen LogP contribution < -0.4 is 9.80 Å². The number of hydrogen-bond acceptors (Lipinski definition) is 2. The van der Waals surface area contributed by atoms with Crippen LogP contribution in [-0.2, 0) is 0 Å². The lowest BCUT2D eigenvalue weighted by Crippen LogP contribution is -2.13. The van der Waals surface area contributed by atoms with Crippen molar-refractivity contribution >= 4 is 46.3 Å². The van der Waals surface area contributed by atoms with Crippen molar-refractivity contribution in [2.45, 2.75) is 0 Å². The molecule has 0 atom stereocenters. The monoisotopic (exact) mass is 464 g/mol. The molecular formula is C34H28N2. The molecule has 0 saturated heterocycles. The third kappa shape index (κ3) is 4.84. The quantitative estimate of drug-likeness (QED) is 0.225. The molecule has 0 aliphatic carbocycles. The Labute approximate surface area is 213 Å². The van der Waals surface area contributed by atoms with E-state index in [1.165, 1.54) is 0 Å². The van der Waals surface area contributed by atoms with Crippen LogP contribution in [0.4, 0.5) is 34.1 Å². The Morgan fingerprint density at radius 3 is 1.06 bits per heavy atom. The average Bonchev–Trinajstić information content (AvgIpc) is 2.96. The maximum absolute atomic E-state index is 3.90. The van der Waals surface area contributed by atoms with Gasteiger partial charge >= 0.3 is 0 Å². The van der Waals surface area contributed by atoms with Crippen molar-refractivity contribution in [3.63, 3.8) is 0 Å². The van der Waals surface area contributed by atoms with Gasteiger partial charge in [-0.1, -0.05) is 92.0 Å². The van der Waals surface area contributed by atoms with Crippen LogP contribution in [0.5, 0.6) is 0 Å². The van der Waals surface area contributed by atoms with Crippen LogP contribution in [0.2, 0.25) is 0 Å². The van der Waals surface area contributed by atoms with Crippen LogP contribution in [0, 0.1) is 0 Å². The molecule has 0 aliphatic heterocycles. The Hall–Kier alpha value is -4.82. The Balaban J connectivity index is 1.64. The highest BCUT2D eigenvalue weighted by molar-refractivity contribution is 5.83. The summed E-state index contributed by atoms with van der Waals surface area (Å²) in [5, 5.41) is 0. The summed E-state index contributed by atoms with van der Waals surface area (Å²) in [6.45, 7) is 7.79. The van der Waals surface area contributed by atoms with E-state index >= 15 is 0 Å². The van der Waals surface area contributed by atoms with E-state index in [1.807, 2.05) is 24.3 Å². The van der Waals surface area contributed by atoms with E-state index in [1.54, 1.807) is 0 Å². The van der Waals surface area contributed by atoms with E-state index in [0.29, 0.717) is 0 Å². The van der Waals surface area contributed by atoms with Gasteiger partial charge in [-0.25, -0.2) is 0 Å².